The maximum Gasteiger partial charge on any atom is 0.0890 e. The first-order valence-electron chi connectivity index (χ1n) is 6.13. The highest BCUT2D eigenvalue weighted by Gasteiger charge is 2.20. The van der Waals surface area contributed by atoms with E-state index in [4.69, 9.17) is 4.98 Å². The molecular weight excluding hydrogens is 228 g/mol. The van der Waals surface area contributed by atoms with Crippen LogP contribution < -0.4 is 0 Å². The molecule has 1 heterocycles. The third-order valence-corrected chi connectivity index (χ3v) is 4.32. The van der Waals surface area contributed by atoms with Gasteiger partial charge in [0.15, 0.2) is 0 Å². The minimum atomic E-state index is 0.980. The second-order valence-electron chi connectivity index (χ2n) is 4.70. The van der Waals surface area contributed by atoms with E-state index in [-0.39, 0.29) is 0 Å². The molecule has 0 aliphatic heterocycles. The number of para-hydroxylation sites is 2. The van der Waals surface area contributed by atoms with E-state index >= 15 is 0 Å². The SMILES string of the molecule is Cc1nc2ccccc2nc1CSCC1CC1. The van der Waals surface area contributed by atoms with Crippen molar-refractivity contribution < 1.29 is 0 Å². The van der Waals surface area contributed by atoms with Crippen LogP contribution in [0, 0.1) is 12.8 Å². The van der Waals surface area contributed by atoms with Crippen molar-refractivity contribution in [1.82, 2.24) is 9.97 Å². The monoisotopic (exact) mass is 244 g/mol. The maximum absolute atomic E-state index is 4.71. The number of nitrogens with zero attached hydrogens (tertiary/aromatic N) is 2. The molecular formula is C14H16N2S. The van der Waals surface area contributed by atoms with E-state index in [1.807, 2.05) is 36.0 Å². The van der Waals surface area contributed by atoms with Gasteiger partial charge in [0.1, 0.15) is 0 Å². The Morgan fingerprint density at radius 2 is 1.88 bits per heavy atom. The molecule has 3 heteroatoms. The molecule has 1 aliphatic carbocycles. The van der Waals surface area contributed by atoms with Crippen molar-refractivity contribution in [2.75, 3.05) is 5.75 Å². The van der Waals surface area contributed by atoms with E-state index in [1.165, 1.54) is 18.6 Å². The smallest absolute Gasteiger partial charge is 0.0890 e. The molecule has 0 radical (unpaired) electrons. The summed E-state index contributed by atoms with van der Waals surface area (Å²) in [5.74, 6) is 3.27. The van der Waals surface area contributed by atoms with E-state index in [9.17, 15) is 0 Å². The number of thioether (sulfide) groups is 1. The van der Waals surface area contributed by atoms with Gasteiger partial charge < -0.3 is 0 Å². The van der Waals surface area contributed by atoms with Gasteiger partial charge in [0, 0.05) is 5.75 Å². The van der Waals surface area contributed by atoms with Crippen molar-refractivity contribution in [3.05, 3.63) is 35.7 Å². The van der Waals surface area contributed by atoms with Crippen molar-refractivity contribution in [3.8, 4) is 0 Å². The Morgan fingerprint density at radius 3 is 2.59 bits per heavy atom. The van der Waals surface area contributed by atoms with E-state index in [0.29, 0.717) is 0 Å². The van der Waals surface area contributed by atoms with Crippen molar-refractivity contribution in [2.24, 2.45) is 5.92 Å². The minimum absolute atomic E-state index is 0.980. The van der Waals surface area contributed by atoms with E-state index in [0.717, 1.165) is 34.1 Å². The zero-order valence-electron chi connectivity index (χ0n) is 10.0. The summed E-state index contributed by atoms with van der Waals surface area (Å²) in [7, 11) is 0. The first kappa shape index (κ1) is 11.0. The second kappa shape index (κ2) is 4.65. The molecule has 2 nitrogen and oxygen atoms in total. The van der Waals surface area contributed by atoms with Crippen LogP contribution in [-0.4, -0.2) is 15.7 Å². The van der Waals surface area contributed by atoms with Gasteiger partial charge in [0.25, 0.3) is 0 Å². The summed E-state index contributed by atoms with van der Waals surface area (Å²) < 4.78 is 0. The summed E-state index contributed by atoms with van der Waals surface area (Å²) in [5, 5.41) is 0. The van der Waals surface area contributed by atoms with Crippen molar-refractivity contribution >= 4 is 22.8 Å². The molecule has 2 aromatic rings. The number of aryl methyl sites for hydroxylation is 1. The van der Waals surface area contributed by atoms with Gasteiger partial charge in [-0.25, -0.2) is 9.97 Å². The van der Waals surface area contributed by atoms with Crippen molar-refractivity contribution in [3.63, 3.8) is 0 Å². The van der Waals surface area contributed by atoms with E-state index in [1.54, 1.807) is 0 Å². The third kappa shape index (κ3) is 2.60. The number of hydrogen-bond donors (Lipinski definition) is 0. The van der Waals surface area contributed by atoms with Gasteiger partial charge in [-0.3, -0.25) is 0 Å². The Hall–Kier alpha value is -1.09. The molecule has 0 bridgehead atoms. The summed E-state index contributed by atoms with van der Waals surface area (Å²) in [6, 6.07) is 8.10. The standard InChI is InChI=1S/C14H16N2S/c1-10-14(9-17-8-11-6-7-11)16-13-5-3-2-4-12(13)15-10/h2-5,11H,6-9H2,1H3. The molecule has 3 rings (SSSR count). The molecule has 0 saturated heterocycles. The molecule has 1 fully saturated rings. The Balaban J connectivity index is 1.79. The molecule has 0 unspecified atom stereocenters. The average molecular weight is 244 g/mol. The molecule has 1 aromatic carbocycles. The summed E-state index contributed by atoms with van der Waals surface area (Å²) >= 11 is 2.00. The van der Waals surface area contributed by atoms with Crippen LogP contribution in [0.25, 0.3) is 11.0 Å². The first-order chi connectivity index (χ1) is 8.33. The van der Waals surface area contributed by atoms with E-state index < -0.39 is 0 Å². The molecule has 1 aromatic heterocycles. The quantitative estimate of drug-likeness (QED) is 0.822. The molecule has 88 valence electrons. The maximum atomic E-state index is 4.71. The van der Waals surface area contributed by atoms with Gasteiger partial charge in [-0.05, 0) is 43.6 Å². The van der Waals surface area contributed by atoms with Gasteiger partial charge in [-0.2, -0.15) is 11.8 Å². The summed E-state index contributed by atoms with van der Waals surface area (Å²) in [5.41, 5.74) is 4.24. The molecule has 0 spiro atoms. The van der Waals surface area contributed by atoms with Crippen LogP contribution in [0.15, 0.2) is 24.3 Å². The van der Waals surface area contributed by atoms with Crippen LogP contribution in [0.1, 0.15) is 24.2 Å². The first-order valence-corrected chi connectivity index (χ1v) is 7.28. The highest BCUT2D eigenvalue weighted by atomic mass is 32.2. The zero-order chi connectivity index (χ0) is 11.7. The number of hydrogen-bond acceptors (Lipinski definition) is 3. The Labute approximate surface area is 106 Å². The molecule has 0 atom stereocenters. The Kier molecular flexibility index (Phi) is 3.02. The molecule has 1 aliphatic rings. The number of fused-ring (bicyclic) bond motifs is 1. The fourth-order valence-electron chi connectivity index (χ4n) is 1.87. The van der Waals surface area contributed by atoms with Crippen LogP contribution >= 0.6 is 11.8 Å². The number of rotatable bonds is 4. The van der Waals surface area contributed by atoms with Crippen molar-refractivity contribution in [2.45, 2.75) is 25.5 Å². The highest BCUT2D eigenvalue weighted by Crippen LogP contribution is 2.33. The van der Waals surface area contributed by atoms with Crippen LogP contribution in [0.2, 0.25) is 0 Å². The zero-order valence-corrected chi connectivity index (χ0v) is 10.8. The topological polar surface area (TPSA) is 25.8 Å². The predicted octanol–water partition coefficient (Wildman–Crippen LogP) is 3.58. The lowest BCUT2D eigenvalue weighted by molar-refractivity contribution is 0.995. The van der Waals surface area contributed by atoms with Crippen molar-refractivity contribution in [1.29, 1.82) is 0 Å². The number of aromatic nitrogens is 2. The number of benzene rings is 1. The molecule has 1 saturated carbocycles. The minimum Gasteiger partial charge on any atom is -0.250 e. The highest BCUT2D eigenvalue weighted by molar-refractivity contribution is 7.98. The summed E-state index contributed by atoms with van der Waals surface area (Å²) in [4.78, 5) is 9.32. The van der Waals surface area contributed by atoms with Crippen LogP contribution in [0.4, 0.5) is 0 Å². The summed E-state index contributed by atoms with van der Waals surface area (Å²) in [6.07, 6.45) is 2.85. The van der Waals surface area contributed by atoms with E-state index in [2.05, 4.69) is 11.9 Å². The second-order valence-corrected chi connectivity index (χ2v) is 5.73. The Morgan fingerprint density at radius 1 is 1.18 bits per heavy atom. The lowest BCUT2D eigenvalue weighted by Gasteiger charge is -2.06. The van der Waals surface area contributed by atoms with Gasteiger partial charge in [0.05, 0.1) is 22.4 Å². The largest absolute Gasteiger partial charge is 0.250 e. The van der Waals surface area contributed by atoms with Gasteiger partial charge in [-0.15, -0.1) is 0 Å². The van der Waals surface area contributed by atoms with Crippen LogP contribution in [0.5, 0.6) is 0 Å². The predicted molar refractivity (Wildman–Crippen MR) is 73.2 cm³/mol. The fourth-order valence-corrected chi connectivity index (χ4v) is 3.12. The van der Waals surface area contributed by atoms with Crippen LogP contribution in [0.3, 0.4) is 0 Å². The van der Waals surface area contributed by atoms with Gasteiger partial charge in [-0.1, -0.05) is 12.1 Å². The average Bonchev–Trinajstić information content (AvgIpc) is 3.14. The summed E-state index contributed by atoms with van der Waals surface area (Å²) in [6.45, 7) is 2.06. The molecule has 0 amide bonds. The molecule has 0 N–H and O–H groups in total. The van der Waals surface area contributed by atoms with Crippen LogP contribution in [-0.2, 0) is 5.75 Å². The lowest BCUT2D eigenvalue weighted by Crippen LogP contribution is -1.97. The lowest BCUT2D eigenvalue weighted by atomic mass is 10.2. The normalized spacial score (nSPS) is 15.4. The molecule has 17 heavy (non-hydrogen) atoms. The fraction of sp³-hybridized carbons (Fsp3) is 0.429. The van der Waals surface area contributed by atoms with Gasteiger partial charge >= 0.3 is 0 Å². The third-order valence-electron chi connectivity index (χ3n) is 3.13. The Bertz CT molecular complexity index is 535. The van der Waals surface area contributed by atoms with Gasteiger partial charge in [0.2, 0.25) is 0 Å².